The molecule has 0 spiro atoms. The van der Waals surface area contributed by atoms with E-state index in [1.807, 2.05) is 0 Å². The summed E-state index contributed by atoms with van der Waals surface area (Å²) in [5, 5.41) is 0. The lowest BCUT2D eigenvalue weighted by atomic mass is 10.2. The number of carbonyl (C=O) groups excluding carboxylic acids is 1. The lowest BCUT2D eigenvalue weighted by Crippen LogP contribution is -2.14. The normalized spacial score (nSPS) is 9.33. The van der Waals surface area contributed by atoms with Crippen LogP contribution in [0.2, 0.25) is 0 Å². The van der Waals surface area contributed by atoms with Crippen LogP contribution >= 0.6 is 12.2 Å². The molecule has 0 saturated carbocycles. The van der Waals surface area contributed by atoms with Crippen molar-refractivity contribution in [1.82, 2.24) is 4.98 Å². The second-order valence-corrected chi connectivity index (χ2v) is 2.81. The van der Waals surface area contributed by atoms with E-state index in [9.17, 15) is 4.79 Å². The van der Waals surface area contributed by atoms with E-state index in [1.165, 1.54) is 0 Å². The molecule has 2 N–H and O–H groups in total. The van der Waals surface area contributed by atoms with Gasteiger partial charge in [0, 0.05) is 6.20 Å². The molecule has 0 unspecified atom stereocenters. The Labute approximate surface area is 75.6 Å². The van der Waals surface area contributed by atoms with Crippen LogP contribution < -0.4 is 5.73 Å². The van der Waals surface area contributed by atoms with Crippen LogP contribution in [0, 0.1) is 0 Å². The zero-order valence-electron chi connectivity index (χ0n) is 6.36. The lowest BCUT2D eigenvalue weighted by molar-refractivity contribution is 0.0996. The van der Waals surface area contributed by atoms with Gasteiger partial charge in [0.2, 0.25) is 0 Å². The number of thiocarbonyl (C=S) groups is 1. The van der Waals surface area contributed by atoms with Crippen molar-refractivity contribution in [2.24, 2.45) is 5.73 Å². The summed E-state index contributed by atoms with van der Waals surface area (Å²) in [4.78, 5) is 15.3. The molecular weight excluding hydrogens is 172 g/mol. The molecule has 0 aliphatic heterocycles. The average molecular weight is 180 g/mol. The number of carbonyl (C=O) groups is 1. The van der Waals surface area contributed by atoms with E-state index in [2.05, 4.69) is 17.2 Å². The molecular formula is C8H8N2OS. The van der Waals surface area contributed by atoms with Crippen molar-refractivity contribution in [3.63, 3.8) is 0 Å². The standard InChI is InChI=1S/C8H8N2OS/c9-8(12)5-7(11)6-3-1-2-4-10-6/h1-4H,5H2,(H2,9,12). The summed E-state index contributed by atoms with van der Waals surface area (Å²) in [5.74, 6) is -0.136. The van der Waals surface area contributed by atoms with Crippen molar-refractivity contribution in [1.29, 1.82) is 0 Å². The van der Waals surface area contributed by atoms with Crippen LogP contribution in [0.3, 0.4) is 0 Å². The van der Waals surface area contributed by atoms with Crippen molar-refractivity contribution in [3.05, 3.63) is 30.1 Å². The summed E-state index contributed by atoms with van der Waals surface area (Å²) < 4.78 is 0. The van der Waals surface area contributed by atoms with Crippen molar-refractivity contribution in [3.8, 4) is 0 Å². The molecule has 12 heavy (non-hydrogen) atoms. The molecule has 1 aromatic rings. The zero-order chi connectivity index (χ0) is 8.97. The molecule has 4 heteroatoms. The number of aromatic nitrogens is 1. The van der Waals surface area contributed by atoms with Gasteiger partial charge in [0.15, 0.2) is 5.78 Å². The summed E-state index contributed by atoms with van der Waals surface area (Å²) in [6, 6.07) is 5.14. The Bertz CT molecular complexity index is 297. The highest BCUT2D eigenvalue weighted by atomic mass is 32.1. The Morgan fingerprint density at radius 2 is 2.33 bits per heavy atom. The number of hydrogen-bond acceptors (Lipinski definition) is 3. The van der Waals surface area contributed by atoms with Gasteiger partial charge in [-0.3, -0.25) is 9.78 Å². The third kappa shape index (κ3) is 2.39. The number of pyridine rings is 1. The molecule has 3 nitrogen and oxygen atoms in total. The van der Waals surface area contributed by atoms with Gasteiger partial charge >= 0.3 is 0 Å². The van der Waals surface area contributed by atoms with Gasteiger partial charge in [-0.05, 0) is 12.1 Å². The molecule has 0 amide bonds. The first-order valence-corrected chi connectivity index (χ1v) is 3.83. The number of rotatable bonds is 3. The third-order valence-electron chi connectivity index (χ3n) is 1.29. The predicted octanol–water partition coefficient (Wildman–Crippen LogP) is 0.941. The second-order valence-electron chi connectivity index (χ2n) is 2.28. The van der Waals surface area contributed by atoms with Crippen LogP contribution in [0.25, 0.3) is 0 Å². The number of ketones is 1. The van der Waals surface area contributed by atoms with Gasteiger partial charge in [0.25, 0.3) is 0 Å². The smallest absolute Gasteiger partial charge is 0.187 e. The number of Topliss-reactive ketones (excluding diaryl/α,β-unsaturated/α-hetero) is 1. The van der Waals surface area contributed by atoms with Gasteiger partial charge in [0.1, 0.15) is 5.69 Å². The van der Waals surface area contributed by atoms with Crippen LogP contribution in [-0.2, 0) is 0 Å². The molecule has 1 heterocycles. The van der Waals surface area contributed by atoms with Crippen molar-refractivity contribution in [2.45, 2.75) is 6.42 Å². The second kappa shape index (κ2) is 3.92. The van der Waals surface area contributed by atoms with Gasteiger partial charge < -0.3 is 5.73 Å². The largest absolute Gasteiger partial charge is 0.393 e. The van der Waals surface area contributed by atoms with E-state index < -0.39 is 0 Å². The topological polar surface area (TPSA) is 56.0 Å². The highest BCUT2D eigenvalue weighted by Gasteiger charge is 2.06. The summed E-state index contributed by atoms with van der Waals surface area (Å²) in [5.41, 5.74) is 5.62. The SMILES string of the molecule is NC(=S)CC(=O)c1ccccn1. The van der Waals surface area contributed by atoms with Crippen molar-refractivity contribution in [2.75, 3.05) is 0 Å². The Kier molecular flexibility index (Phi) is 2.88. The molecule has 0 aliphatic rings. The van der Waals surface area contributed by atoms with E-state index in [1.54, 1.807) is 24.4 Å². The fourth-order valence-corrected chi connectivity index (χ4v) is 0.908. The zero-order valence-corrected chi connectivity index (χ0v) is 7.17. The van der Waals surface area contributed by atoms with E-state index in [0.29, 0.717) is 5.69 Å². The van der Waals surface area contributed by atoms with Crippen LogP contribution in [0.1, 0.15) is 16.9 Å². The summed E-state index contributed by atoms with van der Waals surface area (Å²) >= 11 is 4.60. The van der Waals surface area contributed by atoms with Crippen molar-refractivity contribution < 1.29 is 4.79 Å². The molecule has 62 valence electrons. The van der Waals surface area contributed by atoms with Gasteiger partial charge in [-0.2, -0.15) is 0 Å². The highest BCUT2D eigenvalue weighted by Crippen LogP contribution is 1.98. The third-order valence-corrected chi connectivity index (χ3v) is 1.43. The van der Waals surface area contributed by atoms with E-state index in [-0.39, 0.29) is 17.2 Å². The minimum Gasteiger partial charge on any atom is -0.393 e. The minimum atomic E-state index is -0.136. The molecule has 0 saturated heterocycles. The molecule has 0 atom stereocenters. The van der Waals surface area contributed by atoms with Gasteiger partial charge in [-0.25, -0.2) is 0 Å². The fourth-order valence-electron chi connectivity index (χ4n) is 0.777. The maximum Gasteiger partial charge on any atom is 0.187 e. The molecule has 0 aliphatic carbocycles. The molecule has 0 radical (unpaired) electrons. The highest BCUT2D eigenvalue weighted by molar-refractivity contribution is 7.80. The van der Waals surface area contributed by atoms with Gasteiger partial charge in [-0.15, -0.1) is 0 Å². The Hall–Kier alpha value is -1.29. The Balaban J connectivity index is 2.73. The van der Waals surface area contributed by atoms with Gasteiger partial charge in [0.05, 0.1) is 11.4 Å². The first-order valence-electron chi connectivity index (χ1n) is 3.42. The monoisotopic (exact) mass is 180 g/mol. The molecule has 0 bridgehead atoms. The molecule has 0 fully saturated rings. The molecule has 1 rings (SSSR count). The van der Waals surface area contributed by atoms with Crippen LogP contribution in [0.15, 0.2) is 24.4 Å². The molecule has 1 aromatic heterocycles. The summed E-state index contributed by atoms with van der Waals surface area (Å²) in [7, 11) is 0. The fraction of sp³-hybridized carbons (Fsp3) is 0.125. The predicted molar refractivity (Wildman–Crippen MR) is 50.0 cm³/mol. The Morgan fingerprint density at radius 1 is 1.58 bits per heavy atom. The van der Waals surface area contributed by atoms with E-state index in [0.717, 1.165) is 0 Å². The van der Waals surface area contributed by atoms with Crippen molar-refractivity contribution >= 4 is 23.0 Å². The van der Waals surface area contributed by atoms with Crippen LogP contribution in [0.4, 0.5) is 0 Å². The Morgan fingerprint density at radius 3 is 2.83 bits per heavy atom. The minimum absolute atomic E-state index is 0.0896. The summed E-state index contributed by atoms with van der Waals surface area (Å²) in [6.07, 6.45) is 1.65. The number of nitrogens with two attached hydrogens (primary N) is 1. The number of hydrogen-bond donors (Lipinski definition) is 1. The maximum absolute atomic E-state index is 11.2. The first-order chi connectivity index (χ1) is 5.70. The lowest BCUT2D eigenvalue weighted by Gasteiger charge is -1.96. The van der Waals surface area contributed by atoms with E-state index in [4.69, 9.17) is 5.73 Å². The maximum atomic E-state index is 11.2. The summed E-state index contributed by atoms with van der Waals surface area (Å²) in [6.45, 7) is 0. The van der Waals surface area contributed by atoms with E-state index >= 15 is 0 Å². The average Bonchev–Trinajstić information content (AvgIpc) is 2.05. The van der Waals surface area contributed by atoms with Crippen LogP contribution in [0.5, 0.6) is 0 Å². The first kappa shape index (κ1) is 8.80. The molecule has 0 aromatic carbocycles. The van der Waals surface area contributed by atoms with Crippen LogP contribution in [-0.4, -0.2) is 15.8 Å². The van der Waals surface area contributed by atoms with Gasteiger partial charge in [-0.1, -0.05) is 18.3 Å². The number of nitrogens with zero attached hydrogens (tertiary/aromatic N) is 1. The quantitative estimate of drug-likeness (QED) is 0.555.